The standard InChI is InChI=1S/C12H13N3O4S/c1-20-8-4-5-10(15(18)19)9(6-8)12(17)14-13-11(16)7-2-3-7/h4-7H,2-3H2,1H3,(H,13,16)(H,14,17). The Bertz CT molecular complexity index is 572. The maximum absolute atomic E-state index is 11.9. The normalized spacial score (nSPS) is 13.7. The highest BCUT2D eigenvalue weighted by molar-refractivity contribution is 7.98. The summed E-state index contributed by atoms with van der Waals surface area (Å²) in [5.74, 6) is -1.01. The van der Waals surface area contributed by atoms with Crippen LogP contribution in [0.4, 0.5) is 5.69 Å². The quantitative estimate of drug-likeness (QED) is 0.498. The van der Waals surface area contributed by atoms with E-state index in [0.29, 0.717) is 0 Å². The molecule has 20 heavy (non-hydrogen) atoms. The Morgan fingerprint density at radius 1 is 1.35 bits per heavy atom. The van der Waals surface area contributed by atoms with Crippen molar-refractivity contribution in [2.24, 2.45) is 5.92 Å². The SMILES string of the molecule is CSc1ccc([N+](=O)[O-])c(C(=O)NNC(=O)C2CC2)c1. The molecular formula is C12H13N3O4S. The number of carbonyl (C=O) groups is 2. The smallest absolute Gasteiger partial charge is 0.273 e. The van der Waals surface area contributed by atoms with Gasteiger partial charge < -0.3 is 0 Å². The molecule has 0 unspecified atom stereocenters. The fourth-order valence-electron chi connectivity index (χ4n) is 1.62. The summed E-state index contributed by atoms with van der Waals surface area (Å²) in [5, 5.41) is 10.9. The molecule has 106 valence electrons. The lowest BCUT2D eigenvalue weighted by atomic mass is 10.1. The van der Waals surface area contributed by atoms with Gasteiger partial charge in [-0.05, 0) is 31.2 Å². The van der Waals surface area contributed by atoms with Crippen molar-refractivity contribution < 1.29 is 14.5 Å². The van der Waals surface area contributed by atoms with E-state index in [9.17, 15) is 19.7 Å². The van der Waals surface area contributed by atoms with Gasteiger partial charge in [-0.3, -0.25) is 30.6 Å². The van der Waals surface area contributed by atoms with Crippen molar-refractivity contribution in [3.63, 3.8) is 0 Å². The number of hydrazine groups is 1. The third kappa shape index (κ3) is 3.27. The molecule has 7 nitrogen and oxygen atoms in total. The molecule has 0 aliphatic heterocycles. The number of nitro benzene ring substituents is 1. The first kappa shape index (κ1) is 14.3. The Kier molecular flexibility index (Phi) is 4.23. The van der Waals surface area contributed by atoms with Crippen molar-refractivity contribution in [2.45, 2.75) is 17.7 Å². The van der Waals surface area contributed by atoms with E-state index < -0.39 is 10.8 Å². The molecular weight excluding hydrogens is 282 g/mol. The molecule has 1 saturated carbocycles. The lowest BCUT2D eigenvalue weighted by Gasteiger charge is -2.08. The van der Waals surface area contributed by atoms with Crippen molar-refractivity contribution in [2.75, 3.05) is 6.26 Å². The highest BCUT2D eigenvalue weighted by Gasteiger charge is 2.30. The monoisotopic (exact) mass is 295 g/mol. The van der Waals surface area contributed by atoms with Gasteiger partial charge in [-0.15, -0.1) is 11.8 Å². The molecule has 8 heteroatoms. The van der Waals surface area contributed by atoms with Crippen LogP contribution in [0.2, 0.25) is 0 Å². The van der Waals surface area contributed by atoms with Crippen LogP contribution in [-0.2, 0) is 4.79 Å². The zero-order valence-electron chi connectivity index (χ0n) is 10.7. The molecule has 0 saturated heterocycles. The van der Waals surface area contributed by atoms with Crippen LogP contribution < -0.4 is 10.9 Å². The van der Waals surface area contributed by atoms with Crippen LogP contribution in [-0.4, -0.2) is 23.0 Å². The van der Waals surface area contributed by atoms with Crippen molar-refractivity contribution in [1.82, 2.24) is 10.9 Å². The molecule has 0 bridgehead atoms. The Labute approximate surface area is 119 Å². The fraction of sp³-hybridized carbons (Fsp3) is 0.333. The predicted octanol–water partition coefficient (Wildman–Crippen LogP) is 1.49. The minimum Gasteiger partial charge on any atom is -0.273 e. The van der Waals surface area contributed by atoms with Crippen LogP contribution in [0.15, 0.2) is 23.1 Å². The summed E-state index contributed by atoms with van der Waals surface area (Å²) in [7, 11) is 0. The van der Waals surface area contributed by atoms with Crippen LogP contribution in [0.5, 0.6) is 0 Å². The van der Waals surface area contributed by atoms with Crippen molar-refractivity contribution in [3.05, 3.63) is 33.9 Å². The molecule has 0 radical (unpaired) electrons. The molecule has 1 aromatic carbocycles. The van der Waals surface area contributed by atoms with Gasteiger partial charge in [-0.25, -0.2) is 0 Å². The molecule has 1 aromatic rings. The first-order valence-corrected chi connectivity index (χ1v) is 7.18. The largest absolute Gasteiger partial charge is 0.282 e. The van der Waals surface area contributed by atoms with Crippen LogP contribution in [0, 0.1) is 16.0 Å². The van der Waals surface area contributed by atoms with Crippen LogP contribution in [0.1, 0.15) is 23.2 Å². The summed E-state index contributed by atoms with van der Waals surface area (Å²) < 4.78 is 0. The number of benzene rings is 1. The first-order chi connectivity index (χ1) is 9.52. The highest BCUT2D eigenvalue weighted by Crippen LogP contribution is 2.28. The van der Waals surface area contributed by atoms with E-state index in [0.717, 1.165) is 17.7 Å². The van der Waals surface area contributed by atoms with Gasteiger partial charge in [-0.1, -0.05) is 0 Å². The van der Waals surface area contributed by atoms with E-state index in [4.69, 9.17) is 0 Å². The molecule has 1 aliphatic rings. The number of nitrogens with one attached hydrogen (secondary N) is 2. The summed E-state index contributed by atoms with van der Waals surface area (Å²) in [4.78, 5) is 34.4. The van der Waals surface area contributed by atoms with Crippen molar-refractivity contribution in [3.8, 4) is 0 Å². The van der Waals surface area contributed by atoms with Gasteiger partial charge in [0.05, 0.1) is 4.92 Å². The molecule has 0 heterocycles. The minimum absolute atomic E-state index is 0.0529. The second kappa shape index (κ2) is 5.91. The zero-order chi connectivity index (χ0) is 14.7. The van der Waals surface area contributed by atoms with Crippen molar-refractivity contribution in [1.29, 1.82) is 0 Å². The van der Waals surface area contributed by atoms with E-state index in [1.165, 1.54) is 23.9 Å². The van der Waals surface area contributed by atoms with Crippen LogP contribution in [0.25, 0.3) is 0 Å². The molecule has 2 rings (SSSR count). The minimum atomic E-state index is -0.693. The van der Waals surface area contributed by atoms with Gasteiger partial charge in [-0.2, -0.15) is 0 Å². The summed E-state index contributed by atoms with van der Waals surface area (Å²) in [5.41, 5.74) is 4.13. The molecule has 0 spiro atoms. The number of hydrogen-bond acceptors (Lipinski definition) is 5. The lowest BCUT2D eigenvalue weighted by Crippen LogP contribution is -2.42. The molecule has 1 aliphatic carbocycles. The first-order valence-electron chi connectivity index (χ1n) is 5.95. The van der Waals surface area contributed by atoms with Gasteiger partial charge in [0.15, 0.2) is 0 Å². The topological polar surface area (TPSA) is 101 Å². The number of amides is 2. The van der Waals surface area contributed by atoms with Crippen LogP contribution >= 0.6 is 11.8 Å². The Hall–Kier alpha value is -2.09. The third-order valence-corrected chi connectivity index (χ3v) is 3.62. The number of rotatable bonds is 4. The van der Waals surface area contributed by atoms with Gasteiger partial charge >= 0.3 is 0 Å². The molecule has 1 fully saturated rings. The number of thioether (sulfide) groups is 1. The Morgan fingerprint density at radius 3 is 2.60 bits per heavy atom. The number of nitrogens with zero attached hydrogens (tertiary/aromatic N) is 1. The van der Waals surface area contributed by atoms with Gasteiger partial charge in [0, 0.05) is 16.9 Å². The van der Waals surface area contributed by atoms with Crippen LogP contribution in [0.3, 0.4) is 0 Å². The number of carbonyl (C=O) groups excluding carboxylic acids is 2. The van der Waals surface area contributed by atoms with E-state index >= 15 is 0 Å². The highest BCUT2D eigenvalue weighted by atomic mass is 32.2. The van der Waals surface area contributed by atoms with Gasteiger partial charge in [0.25, 0.3) is 11.6 Å². The Balaban J connectivity index is 2.13. The molecule has 0 aromatic heterocycles. The fourth-order valence-corrected chi connectivity index (χ4v) is 2.06. The average molecular weight is 295 g/mol. The van der Waals surface area contributed by atoms with Gasteiger partial charge in [0.1, 0.15) is 5.56 Å². The zero-order valence-corrected chi connectivity index (χ0v) is 11.5. The lowest BCUT2D eigenvalue weighted by molar-refractivity contribution is -0.385. The summed E-state index contributed by atoms with van der Waals surface area (Å²) >= 11 is 1.37. The van der Waals surface area contributed by atoms with Gasteiger partial charge in [0.2, 0.25) is 5.91 Å². The third-order valence-electron chi connectivity index (χ3n) is 2.89. The predicted molar refractivity (Wildman–Crippen MR) is 73.2 cm³/mol. The van der Waals surface area contributed by atoms with E-state index in [1.807, 2.05) is 0 Å². The molecule has 0 atom stereocenters. The maximum atomic E-state index is 11.9. The Morgan fingerprint density at radius 2 is 2.05 bits per heavy atom. The summed E-state index contributed by atoms with van der Waals surface area (Å²) in [6.07, 6.45) is 3.42. The molecule has 2 amide bonds. The summed E-state index contributed by atoms with van der Waals surface area (Å²) in [6.45, 7) is 0. The van der Waals surface area contributed by atoms with E-state index in [2.05, 4.69) is 10.9 Å². The second-order valence-electron chi connectivity index (χ2n) is 4.36. The van der Waals surface area contributed by atoms with Crippen molar-refractivity contribution >= 4 is 29.3 Å². The maximum Gasteiger partial charge on any atom is 0.282 e. The molecule has 2 N–H and O–H groups in total. The summed E-state index contributed by atoms with van der Waals surface area (Å²) in [6, 6.07) is 4.28. The average Bonchev–Trinajstić information content (AvgIpc) is 3.28. The van der Waals surface area contributed by atoms with E-state index in [1.54, 1.807) is 12.3 Å². The second-order valence-corrected chi connectivity index (χ2v) is 5.24. The van der Waals surface area contributed by atoms with E-state index in [-0.39, 0.29) is 23.1 Å². The number of hydrogen-bond donors (Lipinski definition) is 2. The number of nitro groups is 1.